The molecule has 0 saturated heterocycles. The Labute approximate surface area is 525 Å². The van der Waals surface area contributed by atoms with E-state index in [1.54, 1.807) is 109 Å². The minimum atomic E-state index is -6.13. The van der Waals surface area contributed by atoms with Gasteiger partial charge in [-0.3, -0.25) is 4.98 Å². The zero-order valence-corrected chi connectivity index (χ0v) is 51.6. The van der Waals surface area contributed by atoms with E-state index in [1.165, 1.54) is 42.7 Å². The second-order valence-corrected chi connectivity index (χ2v) is 26.3. The predicted molar refractivity (Wildman–Crippen MR) is 300 cm³/mol. The molecule has 3 saturated carbocycles. The molecule has 0 bridgehead atoms. The van der Waals surface area contributed by atoms with Gasteiger partial charge in [0.05, 0.1) is 61.5 Å². The molecule has 28 heteroatoms. The van der Waals surface area contributed by atoms with E-state index in [4.69, 9.17) is 0 Å². The summed E-state index contributed by atoms with van der Waals surface area (Å²) in [5.41, 5.74) is -26.5. The average molecular weight is 1520 g/mol. The van der Waals surface area contributed by atoms with Crippen molar-refractivity contribution in [3.63, 3.8) is 0 Å². The number of aromatic nitrogens is 1. The van der Waals surface area contributed by atoms with Crippen molar-refractivity contribution in [2.75, 3.05) is 0 Å². The maximum atomic E-state index is 14.2. The third kappa shape index (κ3) is 21.5. The van der Waals surface area contributed by atoms with Gasteiger partial charge in [0.15, 0.2) is 0 Å². The Morgan fingerprint density at radius 3 is 0.604 bits per heavy atom. The Morgan fingerprint density at radius 2 is 0.462 bits per heavy atom. The van der Waals surface area contributed by atoms with Crippen molar-refractivity contribution >= 4 is 35.9 Å². The van der Waals surface area contributed by atoms with Crippen molar-refractivity contribution in [3.8, 4) is 0 Å². The van der Waals surface area contributed by atoms with E-state index >= 15 is 0 Å². The van der Waals surface area contributed by atoms with Crippen molar-refractivity contribution < 1.29 is 125 Å². The molecule has 1 aromatic heterocycles. The zero-order valence-electron chi connectivity index (χ0n) is 48.2. The van der Waals surface area contributed by atoms with Gasteiger partial charge in [-0.05, 0) is 139 Å². The molecule has 4 aromatic carbocycles. The van der Waals surface area contributed by atoms with Crippen LogP contribution in [0.2, 0.25) is 0 Å². The summed E-state index contributed by atoms with van der Waals surface area (Å²) in [6.45, 7) is 0. The van der Waals surface area contributed by atoms with Gasteiger partial charge in [0.2, 0.25) is 0 Å². The molecule has 0 unspecified atom stereocenters. The molecule has 0 spiro atoms. The summed E-state index contributed by atoms with van der Waals surface area (Å²) in [6, 6.07) is -3.10. The number of hydrogen-bond donors (Lipinski definition) is 0. The molecule has 9 rings (SSSR count). The molecule has 505 valence electrons. The summed E-state index contributed by atoms with van der Waals surface area (Å²) in [7, 11) is -0.0465. The normalized spacial score (nSPS) is 18.0. The summed E-state index contributed by atoms with van der Waals surface area (Å²) >= 11 is 0. The number of rotatable bonds is 7. The fourth-order valence-electron chi connectivity index (χ4n) is 12.5. The largest absolute Gasteiger partial charge is 0.416 e. The molecule has 4 aliphatic rings. The fraction of sp³-hybridized carbons (Fsp3) is 0.476. The summed E-state index contributed by atoms with van der Waals surface area (Å²) in [5.74, 6) is 0. The standard InChI is InChI=1S/C32H12BF24.C18H33P.C8H12.C5H5N.Ir/c34-25(35,36)13-1-14(26(37,38)39)6-21(5-13)33(22-7-15(27(40,41)42)2-16(8-22)28(43,44)45,23-9-17(29(46,47)48)3-18(10-23)30(49,50)51)24-11-19(31(52,53)54)4-20(12-24)32(55,56)57;1-4-10-16(11-5-1)19(17-12-6-2-7-13-17)18-14-8-3-9-15-18;1-2-4-6-8-7-5-3-1;1-2-4-6-5-3-1;/h1-12H;16-18H,1-15H2;1-2,7-8H,3-6H2;1-5H;/q-1;;;;/p+1/b;;2-1-,8-7-;;. The number of allylic oxidation sites excluding steroid dienone is 4. The van der Waals surface area contributed by atoms with Crippen LogP contribution in [0.3, 0.4) is 0 Å². The molecule has 1 radical (unpaired) electrons. The van der Waals surface area contributed by atoms with Crippen LogP contribution in [0.5, 0.6) is 0 Å². The molecule has 5 aromatic rings. The van der Waals surface area contributed by atoms with Gasteiger partial charge in [0.25, 0.3) is 0 Å². The number of halogens is 24. The van der Waals surface area contributed by atoms with Crippen LogP contribution in [-0.4, -0.2) is 28.1 Å². The molecular formula is C63H63BF24IrNP. The van der Waals surface area contributed by atoms with Crippen LogP contribution >= 0.6 is 7.92 Å². The first-order valence-corrected chi connectivity index (χ1v) is 30.8. The number of pyridine rings is 1. The summed E-state index contributed by atoms with van der Waals surface area (Å²) in [5, 5.41) is 0. The predicted octanol–water partition coefficient (Wildman–Crippen LogP) is 21.2. The van der Waals surface area contributed by atoms with E-state index in [2.05, 4.69) is 29.3 Å². The van der Waals surface area contributed by atoms with Crippen molar-refractivity contribution in [2.45, 2.75) is 188 Å². The summed E-state index contributed by atoms with van der Waals surface area (Å²) < 4.78 is 341. The monoisotopic (exact) mass is 1520 g/mol. The Morgan fingerprint density at radius 1 is 0.275 bits per heavy atom. The van der Waals surface area contributed by atoms with E-state index in [1.807, 2.05) is 18.2 Å². The third-order valence-electron chi connectivity index (χ3n) is 16.6. The zero-order chi connectivity index (χ0) is 66.7. The van der Waals surface area contributed by atoms with E-state index in [0.29, 0.717) is 0 Å². The van der Waals surface area contributed by atoms with E-state index in [0.717, 1.165) is 0 Å². The molecule has 91 heavy (non-hydrogen) atoms. The van der Waals surface area contributed by atoms with Crippen LogP contribution < -0.4 is 21.9 Å². The Hall–Kier alpha value is -5.03. The van der Waals surface area contributed by atoms with Crippen LogP contribution in [0.1, 0.15) is 167 Å². The molecule has 4 aliphatic carbocycles. The van der Waals surface area contributed by atoms with E-state index < -0.39 is 195 Å². The van der Waals surface area contributed by atoms with Crippen LogP contribution in [0.4, 0.5) is 105 Å². The summed E-state index contributed by atoms with van der Waals surface area (Å²) in [6.07, 6.45) is -13.5. The van der Waals surface area contributed by atoms with Crippen LogP contribution in [0.15, 0.2) is 128 Å². The number of benzene rings is 4. The first-order valence-electron chi connectivity index (χ1n) is 29.1. The van der Waals surface area contributed by atoms with Gasteiger partial charge in [-0.2, -0.15) is 127 Å². The Kier molecular flexibility index (Phi) is 26.5. The SMILES string of the molecule is C1=C\CC/C=C\CC/1.C1CCC([PH+](C2CCCCC2)C2CCCCC2)CC1.FC(F)(F)c1cc([B-](c2cc(C(F)(F)F)cc(C(F)(F)F)c2)(c2cc(C(F)(F)F)cc(C(F)(F)F)c2)c2cc(C(F)(F)F)cc(C(F)(F)F)c2)cc(C(F)(F)F)c1.[Ir].c1ccncc1. The maximum absolute atomic E-state index is 14.2. The minimum Gasteiger partial charge on any atom is -0.265 e. The van der Waals surface area contributed by atoms with E-state index in [-0.39, 0.29) is 28.0 Å². The van der Waals surface area contributed by atoms with Crippen molar-refractivity contribution in [1.29, 1.82) is 0 Å². The molecular weight excluding hydrogens is 1460 g/mol. The van der Waals surface area contributed by atoms with Crippen molar-refractivity contribution in [3.05, 3.63) is 172 Å². The number of hydrogen-bond acceptors (Lipinski definition) is 1. The number of alkyl halides is 24. The molecule has 0 atom stereocenters. The molecule has 3 fully saturated rings. The van der Waals surface area contributed by atoms with Gasteiger partial charge in [-0.15, -0.1) is 0 Å². The molecule has 1 heterocycles. The van der Waals surface area contributed by atoms with Gasteiger partial charge in [-0.25, -0.2) is 0 Å². The number of nitrogens with zero attached hydrogens (tertiary/aromatic N) is 1. The van der Waals surface area contributed by atoms with Crippen LogP contribution in [-0.2, 0) is 69.5 Å². The van der Waals surface area contributed by atoms with Gasteiger partial charge in [-0.1, -0.05) is 98.2 Å². The van der Waals surface area contributed by atoms with Crippen molar-refractivity contribution in [2.24, 2.45) is 0 Å². The first-order chi connectivity index (χ1) is 41.7. The second-order valence-electron chi connectivity index (χ2n) is 22.8. The van der Waals surface area contributed by atoms with Gasteiger partial charge in [0.1, 0.15) is 6.15 Å². The maximum Gasteiger partial charge on any atom is 0.416 e. The molecule has 1 nitrogen and oxygen atoms in total. The summed E-state index contributed by atoms with van der Waals surface area (Å²) in [4.78, 5) is 3.78. The average Bonchev–Trinajstić information content (AvgIpc) is 0.716. The quantitative estimate of drug-likeness (QED) is 0.0685. The third-order valence-corrected chi connectivity index (χ3v) is 21.1. The molecule has 0 N–H and O–H groups in total. The van der Waals surface area contributed by atoms with Crippen LogP contribution in [0, 0.1) is 0 Å². The van der Waals surface area contributed by atoms with Gasteiger partial charge in [0, 0.05) is 40.4 Å². The topological polar surface area (TPSA) is 12.9 Å². The van der Waals surface area contributed by atoms with E-state index in [9.17, 15) is 105 Å². The van der Waals surface area contributed by atoms with Gasteiger partial charge < -0.3 is 0 Å². The smallest absolute Gasteiger partial charge is 0.265 e. The minimum absolute atomic E-state index is 0. The first kappa shape index (κ1) is 76.7. The van der Waals surface area contributed by atoms with Crippen LogP contribution in [0.25, 0.3) is 0 Å². The Bertz CT molecular complexity index is 2610. The fourth-order valence-corrected chi connectivity index (χ4v) is 17.8. The Balaban J connectivity index is 0.000000352. The molecule has 0 amide bonds. The second kappa shape index (κ2) is 31.5. The molecule has 0 aliphatic heterocycles. The van der Waals surface area contributed by atoms with Gasteiger partial charge >= 0.3 is 49.4 Å². The van der Waals surface area contributed by atoms with Crippen molar-refractivity contribution in [1.82, 2.24) is 4.98 Å².